The first-order valence-electron chi connectivity index (χ1n) is 10.5. The minimum Gasteiger partial charge on any atom is -0.393 e. The summed E-state index contributed by atoms with van der Waals surface area (Å²) in [5, 5.41) is 10.3. The monoisotopic (exact) mass is 325 g/mol. The van der Waals surface area contributed by atoms with Crippen LogP contribution in [0.5, 0.6) is 0 Å². The number of hydrogen-bond acceptors (Lipinski definition) is 2. The Hall–Kier alpha value is -0.0800. The van der Waals surface area contributed by atoms with Gasteiger partial charge in [0.05, 0.1) is 6.10 Å². The maximum atomic E-state index is 10.3. The highest BCUT2D eigenvalue weighted by atomic mass is 16.3. The van der Waals surface area contributed by atoms with Gasteiger partial charge in [0.2, 0.25) is 0 Å². The van der Waals surface area contributed by atoms with Gasteiger partial charge in [-0.1, -0.05) is 84.0 Å². The van der Waals surface area contributed by atoms with E-state index in [1.54, 1.807) is 0 Å². The van der Waals surface area contributed by atoms with Gasteiger partial charge in [0.1, 0.15) is 0 Å². The van der Waals surface area contributed by atoms with E-state index in [2.05, 4.69) is 25.9 Å². The summed E-state index contributed by atoms with van der Waals surface area (Å²) < 4.78 is 0. The third-order valence-corrected chi connectivity index (χ3v) is 5.79. The fraction of sp³-hybridized carbons (Fsp3) is 1.00. The fourth-order valence-corrected chi connectivity index (χ4v) is 4.28. The molecule has 1 fully saturated rings. The van der Waals surface area contributed by atoms with Crippen LogP contribution in [0.15, 0.2) is 0 Å². The van der Waals surface area contributed by atoms with Crippen molar-refractivity contribution < 1.29 is 5.11 Å². The highest BCUT2D eigenvalue weighted by Crippen LogP contribution is 2.31. The molecule has 2 heteroatoms. The largest absolute Gasteiger partial charge is 0.393 e. The lowest BCUT2D eigenvalue weighted by molar-refractivity contribution is 0.0194. The number of unbranched alkanes of at least 4 members (excludes halogenated alkanes) is 9. The van der Waals surface area contributed by atoms with Crippen LogP contribution >= 0.6 is 0 Å². The molecule has 1 rings (SSSR count). The van der Waals surface area contributed by atoms with E-state index in [9.17, 15) is 5.11 Å². The Morgan fingerprint density at radius 3 is 1.87 bits per heavy atom. The maximum absolute atomic E-state index is 10.3. The molecule has 1 aliphatic rings. The quantitative estimate of drug-likeness (QED) is 0.434. The summed E-state index contributed by atoms with van der Waals surface area (Å²) >= 11 is 0. The fourth-order valence-electron chi connectivity index (χ4n) is 4.28. The number of rotatable bonds is 13. The molecule has 0 bridgehead atoms. The van der Waals surface area contributed by atoms with E-state index in [0.29, 0.717) is 12.0 Å². The van der Waals surface area contributed by atoms with Gasteiger partial charge in [-0.25, -0.2) is 0 Å². The zero-order valence-corrected chi connectivity index (χ0v) is 16.2. The molecule has 1 saturated carbocycles. The molecule has 3 unspecified atom stereocenters. The van der Waals surface area contributed by atoms with Crippen molar-refractivity contribution >= 4 is 0 Å². The average Bonchev–Trinajstić information content (AvgIpc) is 2.53. The van der Waals surface area contributed by atoms with Crippen molar-refractivity contribution in [3.8, 4) is 0 Å². The van der Waals surface area contributed by atoms with Crippen LogP contribution in [0.25, 0.3) is 0 Å². The van der Waals surface area contributed by atoms with Gasteiger partial charge in [0.25, 0.3) is 0 Å². The minimum atomic E-state index is -0.0562. The standard InChI is InChI=1S/C21H43NO/c1-4-5-6-7-8-9-10-11-12-13-17-20(22(2)3)19-16-14-15-18-21(19)23/h19-21,23H,4-18H2,1-3H3. The van der Waals surface area contributed by atoms with E-state index in [-0.39, 0.29) is 6.10 Å². The number of nitrogens with zero attached hydrogens (tertiary/aromatic N) is 1. The van der Waals surface area contributed by atoms with E-state index in [4.69, 9.17) is 0 Å². The molecule has 0 amide bonds. The second-order valence-corrected chi connectivity index (χ2v) is 8.02. The van der Waals surface area contributed by atoms with Gasteiger partial charge in [-0.2, -0.15) is 0 Å². The molecule has 3 atom stereocenters. The molecule has 23 heavy (non-hydrogen) atoms. The molecule has 0 aliphatic heterocycles. The average molecular weight is 326 g/mol. The van der Waals surface area contributed by atoms with Crippen LogP contribution in [0.4, 0.5) is 0 Å². The van der Waals surface area contributed by atoms with E-state index >= 15 is 0 Å². The van der Waals surface area contributed by atoms with Gasteiger partial charge in [-0.15, -0.1) is 0 Å². The summed E-state index contributed by atoms with van der Waals surface area (Å²) in [4.78, 5) is 2.37. The third-order valence-electron chi connectivity index (χ3n) is 5.79. The summed E-state index contributed by atoms with van der Waals surface area (Å²) in [5.41, 5.74) is 0. The zero-order chi connectivity index (χ0) is 16.9. The summed E-state index contributed by atoms with van der Waals surface area (Å²) in [6.07, 6.45) is 20.0. The van der Waals surface area contributed by atoms with E-state index in [1.807, 2.05) is 0 Å². The molecule has 0 saturated heterocycles. The van der Waals surface area contributed by atoms with Gasteiger partial charge in [0, 0.05) is 12.0 Å². The van der Waals surface area contributed by atoms with Crippen molar-refractivity contribution in [1.29, 1.82) is 0 Å². The second-order valence-electron chi connectivity index (χ2n) is 8.02. The van der Waals surface area contributed by atoms with Crippen molar-refractivity contribution in [1.82, 2.24) is 4.90 Å². The van der Waals surface area contributed by atoms with Crippen molar-refractivity contribution in [3.63, 3.8) is 0 Å². The Labute approximate surface area is 146 Å². The van der Waals surface area contributed by atoms with Crippen molar-refractivity contribution in [2.75, 3.05) is 14.1 Å². The Balaban J connectivity index is 2.07. The van der Waals surface area contributed by atoms with Crippen LogP contribution in [-0.4, -0.2) is 36.2 Å². The molecule has 1 N–H and O–H groups in total. The summed E-state index contributed by atoms with van der Waals surface area (Å²) in [6.45, 7) is 2.29. The van der Waals surface area contributed by atoms with Gasteiger partial charge in [-0.3, -0.25) is 0 Å². The molecular weight excluding hydrogens is 282 g/mol. The smallest absolute Gasteiger partial charge is 0.0583 e. The summed E-state index contributed by atoms with van der Waals surface area (Å²) in [7, 11) is 4.39. The van der Waals surface area contributed by atoms with Crippen LogP contribution in [-0.2, 0) is 0 Å². The first kappa shape index (κ1) is 21.0. The molecule has 0 aromatic carbocycles. The van der Waals surface area contributed by atoms with E-state index in [0.717, 1.165) is 6.42 Å². The molecule has 0 aromatic heterocycles. The lowest BCUT2D eigenvalue weighted by atomic mass is 9.79. The minimum absolute atomic E-state index is 0.0562. The summed E-state index contributed by atoms with van der Waals surface area (Å²) in [6, 6.07) is 0.583. The van der Waals surface area contributed by atoms with Gasteiger partial charge in [-0.05, 0) is 33.4 Å². The van der Waals surface area contributed by atoms with Crippen LogP contribution < -0.4 is 0 Å². The zero-order valence-electron chi connectivity index (χ0n) is 16.2. The molecule has 0 radical (unpaired) electrons. The van der Waals surface area contributed by atoms with E-state index < -0.39 is 0 Å². The van der Waals surface area contributed by atoms with Crippen LogP contribution in [0.2, 0.25) is 0 Å². The second kappa shape index (κ2) is 13.2. The number of aliphatic hydroxyl groups is 1. The molecule has 138 valence electrons. The highest BCUT2D eigenvalue weighted by Gasteiger charge is 2.31. The van der Waals surface area contributed by atoms with Gasteiger partial charge < -0.3 is 10.0 Å². The highest BCUT2D eigenvalue weighted by molar-refractivity contribution is 4.84. The number of hydrogen-bond donors (Lipinski definition) is 1. The first-order valence-corrected chi connectivity index (χ1v) is 10.5. The molecule has 2 nitrogen and oxygen atoms in total. The van der Waals surface area contributed by atoms with Crippen molar-refractivity contribution in [2.45, 2.75) is 115 Å². The molecule has 0 heterocycles. The Morgan fingerprint density at radius 2 is 1.35 bits per heavy atom. The molecule has 0 spiro atoms. The van der Waals surface area contributed by atoms with Crippen molar-refractivity contribution in [3.05, 3.63) is 0 Å². The molecular formula is C21H43NO. The van der Waals surface area contributed by atoms with Crippen LogP contribution in [0.1, 0.15) is 103 Å². The third kappa shape index (κ3) is 9.10. The first-order chi connectivity index (χ1) is 11.2. The van der Waals surface area contributed by atoms with E-state index in [1.165, 1.54) is 89.9 Å². The lowest BCUT2D eigenvalue weighted by Gasteiger charge is -2.38. The van der Waals surface area contributed by atoms with Gasteiger partial charge in [0.15, 0.2) is 0 Å². The SMILES string of the molecule is CCCCCCCCCCCCC(C1CCCCC1O)N(C)C. The van der Waals surface area contributed by atoms with Crippen LogP contribution in [0.3, 0.4) is 0 Å². The Bertz CT molecular complexity index is 267. The lowest BCUT2D eigenvalue weighted by Crippen LogP contribution is -2.42. The number of aliphatic hydroxyl groups excluding tert-OH is 1. The molecule has 0 aromatic rings. The molecule has 1 aliphatic carbocycles. The maximum Gasteiger partial charge on any atom is 0.0583 e. The normalized spacial score (nSPS) is 23.3. The van der Waals surface area contributed by atoms with Crippen molar-refractivity contribution in [2.24, 2.45) is 5.92 Å². The Kier molecular flexibility index (Phi) is 12.1. The summed E-state index contributed by atoms with van der Waals surface area (Å²) in [5.74, 6) is 0.511. The predicted octanol–water partition coefficient (Wildman–Crippen LogP) is 5.78. The predicted molar refractivity (Wildman–Crippen MR) is 102 cm³/mol. The Morgan fingerprint density at radius 1 is 0.826 bits per heavy atom. The van der Waals surface area contributed by atoms with Crippen LogP contribution in [0, 0.1) is 5.92 Å². The topological polar surface area (TPSA) is 23.5 Å². The van der Waals surface area contributed by atoms with Gasteiger partial charge >= 0.3 is 0 Å².